The van der Waals surface area contributed by atoms with E-state index in [1.165, 1.54) is 32.4 Å². The second-order valence-electron chi connectivity index (χ2n) is 3.77. The van der Waals surface area contributed by atoms with Gasteiger partial charge in [0.1, 0.15) is 11.8 Å². The average Bonchev–Trinajstić information content (AvgIpc) is 2.38. The number of amides is 1. The first-order valence-electron chi connectivity index (χ1n) is 5.46. The highest BCUT2D eigenvalue weighted by Crippen LogP contribution is 2.22. The Hall–Kier alpha value is -2.12. The Morgan fingerprint density at radius 1 is 1.42 bits per heavy atom. The molecule has 0 saturated heterocycles. The summed E-state index contributed by atoms with van der Waals surface area (Å²) in [5.74, 6) is -1.25. The molecule has 1 aromatic carbocycles. The second-order valence-corrected chi connectivity index (χ2v) is 3.77. The van der Waals surface area contributed by atoms with Crippen molar-refractivity contribution in [1.82, 2.24) is 0 Å². The summed E-state index contributed by atoms with van der Waals surface area (Å²) < 4.78 is 9.74. The molecule has 0 spiro atoms. The molecule has 7 nitrogen and oxygen atoms in total. The van der Waals surface area contributed by atoms with Crippen molar-refractivity contribution in [2.24, 2.45) is 5.73 Å². The molecular weight excluding hydrogens is 252 g/mol. The largest absolute Gasteiger partial charge is 0.497 e. The molecule has 104 valence electrons. The maximum absolute atomic E-state index is 11.7. The molecule has 0 heterocycles. The fraction of sp³-hybridized carbons (Fsp3) is 0.333. The number of carbonyl (C=O) groups excluding carboxylic acids is 1. The van der Waals surface area contributed by atoms with Gasteiger partial charge in [0.05, 0.1) is 25.0 Å². The third kappa shape index (κ3) is 3.94. The zero-order valence-electron chi connectivity index (χ0n) is 10.7. The molecule has 1 atom stereocenters. The van der Waals surface area contributed by atoms with Gasteiger partial charge in [0.15, 0.2) is 0 Å². The molecule has 0 saturated carbocycles. The van der Waals surface area contributed by atoms with E-state index in [0.29, 0.717) is 5.75 Å². The first kappa shape index (κ1) is 14.9. The Morgan fingerprint density at radius 2 is 2.11 bits per heavy atom. The molecule has 0 bridgehead atoms. The number of carboxylic acids is 1. The van der Waals surface area contributed by atoms with Crippen molar-refractivity contribution in [2.45, 2.75) is 6.04 Å². The molecule has 0 aromatic heterocycles. The lowest BCUT2D eigenvalue weighted by Crippen LogP contribution is -2.39. The highest BCUT2D eigenvalue weighted by atomic mass is 16.5. The Kier molecular flexibility index (Phi) is 5.28. The van der Waals surface area contributed by atoms with E-state index in [-0.39, 0.29) is 17.9 Å². The van der Waals surface area contributed by atoms with Crippen LogP contribution in [0.5, 0.6) is 5.75 Å². The Balaban J connectivity index is 2.97. The molecule has 0 radical (unpaired) electrons. The Morgan fingerprint density at radius 3 is 2.63 bits per heavy atom. The fourth-order valence-electron chi connectivity index (χ4n) is 1.42. The predicted molar refractivity (Wildman–Crippen MR) is 68.4 cm³/mol. The van der Waals surface area contributed by atoms with Crippen LogP contribution in [0.15, 0.2) is 18.2 Å². The van der Waals surface area contributed by atoms with Gasteiger partial charge >= 0.3 is 5.97 Å². The van der Waals surface area contributed by atoms with Gasteiger partial charge in [-0.25, -0.2) is 4.79 Å². The highest BCUT2D eigenvalue weighted by molar-refractivity contribution is 6.02. The van der Waals surface area contributed by atoms with E-state index in [1.54, 1.807) is 0 Å². The fourth-order valence-corrected chi connectivity index (χ4v) is 1.42. The summed E-state index contributed by atoms with van der Waals surface area (Å²) in [4.78, 5) is 22.8. The molecule has 19 heavy (non-hydrogen) atoms. The Bertz CT molecular complexity index is 475. The number of benzene rings is 1. The van der Waals surface area contributed by atoms with Gasteiger partial charge in [-0.15, -0.1) is 0 Å². The summed E-state index contributed by atoms with van der Waals surface area (Å²) in [6.07, 6.45) is 0. The lowest BCUT2D eigenvalue weighted by molar-refractivity contribution is -0.118. The monoisotopic (exact) mass is 268 g/mol. The number of nitrogens with one attached hydrogen (secondary N) is 1. The highest BCUT2D eigenvalue weighted by Gasteiger charge is 2.17. The standard InChI is InChI=1S/C12H16N2O5/c1-18-6-9(13)11(15)14-10-5-7(19-2)3-4-8(10)12(16)17/h3-5,9H,6,13H2,1-2H3,(H,14,15)(H,16,17). The number of aromatic carboxylic acids is 1. The third-order valence-corrected chi connectivity index (χ3v) is 2.40. The lowest BCUT2D eigenvalue weighted by atomic mass is 10.1. The topological polar surface area (TPSA) is 111 Å². The maximum atomic E-state index is 11.7. The van der Waals surface area contributed by atoms with E-state index in [0.717, 1.165) is 0 Å². The van der Waals surface area contributed by atoms with Crippen LogP contribution in [0, 0.1) is 0 Å². The van der Waals surface area contributed by atoms with Gasteiger partial charge < -0.3 is 25.6 Å². The average molecular weight is 268 g/mol. The molecule has 0 aliphatic heterocycles. The molecule has 1 aromatic rings. The van der Waals surface area contributed by atoms with Crippen molar-refractivity contribution in [3.05, 3.63) is 23.8 Å². The second kappa shape index (κ2) is 6.72. The van der Waals surface area contributed by atoms with Crippen molar-refractivity contribution in [3.63, 3.8) is 0 Å². The van der Waals surface area contributed by atoms with E-state index in [4.69, 9.17) is 20.3 Å². The van der Waals surface area contributed by atoms with Crippen molar-refractivity contribution < 1.29 is 24.2 Å². The van der Waals surface area contributed by atoms with Gasteiger partial charge in [-0.1, -0.05) is 0 Å². The van der Waals surface area contributed by atoms with Gasteiger partial charge in [-0.3, -0.25) is 4.79 Å². The predicted octanol–water partition coefficient (Wildman–Crippen LogP) is 0.306. The zero-order valence-corrected chi connectivity index (χ0v) is 10.7. The minimum atomic E-state index is -1.15. The SMILES string of the molecule is COCC(N)C(=O)Nc1cc(OC)ccc1C(=O)O. The minimum Gasteiger partial charge on any atom is -0.497 e. The Labute approximate surface area is 110 Å². The van der Waals surface area contributed by atoms with E-state index in [1.807, 2.05) is 0 Å². The zero-order chi connectivity index (χ0) is 14.4. The smallest absolute Gasteiger partial charge is 0.337 e. The van der Waals surface area contributed by atoms with Crippen LogP contribution in [0.2, 0.25) is 0 Å². The maximum Gasteiger partial charge on any atom is 0.337 e. The molecule has 0 aliphatic rings. The first-order chi connectivity index (χ1) is 8.99. The van der Waals surface area contributed by atoms with E-state index < -0.39 is 17.9 Å². The van der Waals surface area contributed by atoms with E-state index >= 15 is 0 Å². The minimum absolute atomic E-state index is 0.0399. The normalized spacial score (nSPS) is 11.7. The first-order valence-corrected chi connectivity index (χ1v) is 5.46. The van der Waals surface area contributed by atoms with Crippen LogP contribution >= 0.6 is 0 Å². The third-order valence-electron chi connectivity index (χ3n) is 2.40. The van der Waals surface area contributed by atoms with Crippen molar-refractivity contribution >= 4 is 17.6 Å². The van der Waals surface area contributed by atoms with Crippen LogP contribution in [0.25, 0.3) is 0 Å². The number of carbonyl (C=O) groups is 2. The molecule has 0 aliphatic carbocycles. The van der Waals surface area contributed by atoms with E-state index in [9.17, 15) is 9.59 Å². The number of carboxylic acid groups (broad SMARTS) is 1. The van der Waals surface area contributed by atoms with Gasteiger partial charge in [0.2, 0.25) is 5.91 Å². The summed E-state index contributed by atoms with van der Waals surface area (Å²) >= 11 is 0. The summed E-state index contributed by atoms with van der Waals surface area (Å²) in [6, 6.07) is 3.38. The van der Waals surface area contributed by atoms with Crippen LogP contribution in [0.1, 0.15) is 10.4 Å². The summed E-state index contributed by atoms with van der Waals surface area (Å²) in [6.45, 7) is 0.0399. The van der Waals surface area contributed by atoms with Crippen LogP contribution in [-0.2, 0) is 9.53 Å². The quantitative estimate of drug-likeness (QED) is 0.684. The summed E-state index contributed by atoms with van der Waals surface area (Å²) in [5, 5.41) is 11.5. The van der Waals surface area contributed by atoms with Crippen molar-refractivity contribution in [2.75, 3.05) is 26.1 Å². The van der Waals surface area contributed by atoms with Gasteiger partial charge in [0, 0.05) is 13.2 Å². The number of anilines is 1. The van der Waals surface area contributed by atoms with E-state index in [2.05, 4.69) is 5.32 Å². The number of rotatable bonds is 6. The number of hydrogen-bond donors (Lipinski definition) is 3. The summed E-state index contributed by atoms with van der Waals surface area (Å²) in [7, 11) is 2.86. The molecule has 4 N–H and O–H groups in total. The molecule has 7 heteroatoms. The summed E-state index contributed by atoms with van der Waals surface area (Å²) in [5.41, 5.74) is 5.64. The molecule has 1 amide bonds. The van der Waals surface area contributed by atoms with Gasteiger partial charge in [-0.05, 0) is 12.1 Å². The van der Waals surface area contributed by atoms with Gasteiger partial charge in [0.25, 0.3) is 0 Å². The molecule has 1 unspecified atom stereocenters. The number of nitrogens with two attached hydrogens (primary N) is 1. The van der Waals surface area contributed by atoms with Crippen molar-refractivity contribution in [1.29, 1.82) is 0 Å². The number of hydrogen-bond acceptors (Lipinski definition) is 5. The van der Waals surface area contributed by atoms with Crippen LogP contribution in [0.4, 0.5) is 5.69 Å². The van der Waals surface area contributed by atoms with Crippen LogP contribution in [-0.4, -0.2) is 43.9 Å². The van der Waals surface area contributed by atoms with Crippen LogP contribution < -0.4 is 15.8 Å². The number of ether oxygens (including phenoxy) is 2. The number of methoxy groups -OCH3 is 2. The van der Waals surface area contributed by atoms with Gasteiger partial charge in [-0.2, -0.15) is 0 Å². The molecule has 1 rings (SSSR count). The lowest BCUT2D eigenvalue weighted by Gasteiger charge is -2.13. The van der Waals surface area contributed by atoms with Crippen LogP contribution in [0.3, 0.4) is 0 Å². The molecule has 0 fully saturated rings. The molecular formula is C12H16N2O5. The van der Waals surface area contributed by atoms with Crippen molar-refractivity contribution in [3.8, 4) is 5.75 Å².